The predicted molar refractivity (Wildman–Crippen MR) is 176 cm³/mol. The summed E-state index contributed by atoms with van der Waals surface area (Å²) >= 11 is 0. The van der Waals surface area contributed by atoms with Crippen LogP contribution in [0.15, 0.2) is 138 Å². The molecular weight excluding hydrogens is 717 g/mol. The number of aryl methyl sites for hydroxylation is 1. The molecule has 3 heterocycles. The van der Waals surface area contributed by atoms with Gasteiger partial charge in [0.25, 0.3) is 0 Å². The van der Waals surface area contributed by atoms with Crippen molar-refractivity contribution >= 4 is 11.0 Å². The van der Waals surface area contributed by atoms with Gasteiger partial charge in [-0.1, -0.05) is 110 Å². The van der Waals surface area contributed by atoms with Gasteiger partial charge in [-0.25, -0.2) is 0 Å². The van der Waals surface area contributed by atoms with Crippen molar-refractivity contribution in [3.63, 3.8) is 0 Å². The Morgan fingerprint density at radius 2 is 1.39 bits per heavy atom. The Balaban J connectivity index is 0.000000248. The summed E-state index contributed by atoms with van der Waals surface area (Å²) in [6.07, 6.45) is 3.75. The van der Waals surface area contributed by atoms with Gasteiger partial charge in [0.2, 0.25) is 0 Å². The van der Waals surface area contributed by atoms with Crippen molar-refractivity contribution in [2.75, 3.05) is 0 Å². The third-order valence-electron chi connectivity index (χ3n) is 7.39. The Morgan fingerprint density at radius 1 is 0.682 bits per heavy atom. The molecule has 0 N–H and O–H groups in total. The first-order chi connectivity index (χ1) is 21.1. The minimum atomic E-state index is 0. The fourth-order valence-corrected chi connectivity index (χ4v) is 5.19. The quantitative estimate of drug-likeness (QED) is 0.165. The van der Waals surface area contributed by atoms with Crippen LogP contribution in [0, 0.1) is 19.1 Å². The van der Waals surface area contributed by atoms with Crippen LogP contribution in [-0.2, 0) is 20.1 Å². The zero-order valence-electron chi connectivity index (χ0n) is 24.9. The number of hydrogen-bond acceptors (Lipinski definition) is 3. The summed E-state index contributed by atoms with van der Waals surface area (Å²) in [5.41, 5.74) is 10.5. The molecule has 4 heteroatoms. The Labute approximate surface area is 273 Å². The largest absolute Gasteiger partial charge is 0.477 e. The van der Waals surface area contributed by atoms with E-state index in [0.29, 0.717) is 5.92 Å². The molecule has 3 aromatic heterocycles. The molecule has 0 aliphatic heterocycles. The van der Waals surface area contributed by atoms with Gasteiger partial charge in [0.05, 0.1) is 5.58 Å². The Hall–Kier alpha value is -4.63. The molecule has 1 radical (unpaired) electrons. The van der Waals surface area contributed by atoms with Gasteiger partial charge < -0.3 is 14.4 Å². The third kappa shape index (κ3) is 6.94. The van der Waals surface area contributed by atoms with Crippen LogP contribution in [0.1, 0.15) is 30.9 Å². The molecular formula is C40H32IrN2O-2. The second-order valence-corrected chi connectivity index (χ2v) is 10.8. The smallest absolute Gasteiger partial charge is 0.123 e. The van der Waals surface area contributed by atoms with Crippen LogP contribution >= 0.6 is 0 Å². The number of benzene rings is 4. The molecule has 0 amide bonds. The summed E-state index contributed by atoms with van der Waals surface area (Å²) in [5.74, 6) is 1.29. The standard InChI is InChI=1S/C29H24NO.C11H8N.Ir/c1-19(2)24-16-27(30-18-20(24)3)23-14-25(21-10-6-4-7-11-21)26-17-28(31-29(26)15-23)22-12-8-5-9-13-22;1-2-6-10(7-3-1)11-8-4-5-9-12-11;/h4-14,16-19H,1-3H3;1-6,8-9H;/q2*-1;. The summed E-state index contributed by atoms with van der Waals surface area (Å²) < 4.78 is 6.30. The minimum absolute atomic E-state index is 0. The zero-order valence-corrected chi connectivity index (χ0v) is 27.3. The molecule has 0 aliphatic rings. The van der Waals surface area contributed by atoms with E-state index in [2.05, 4.69) is 92.5 Å². The summed E-state index contributed by atoms with van der Waals surface area (Å²) in [5, 5.41) is 1.06. The fourth-order valence-electron chi connectivity index (χ4n) is 5.19. The average Bonchev–Trinajstić information content (AvgIpc) is 3.51. The van der Waals surface area contributed by atoms with Crippen molar-refractivity contribution in [1.29, 1.82) is 0 Å². The molecule has 0 saturated carbocycles. The summed E-state index contributed by atoms with van der Waals surface area (Å²) in [7, 11) is 0. The molecule has 0 aliphatic carbocycles. The molecule has 0 fully saturated rings. The van der Waals surface area contributed by atoms with Crippen LogP contribution in [0.25, 0.3) is 55.9 Å². The molecule has 0 atom stereocenters. The predicted octanol–water partition coefficient (Wildman–Crippen LogP) is 10.6. The van der Waals surface area contributed by atoms with Crippen molar-refractivity contribution in [1.82, 2.24) is 9.97 Å². The molecule has 0 bridgehead atoms. The maximum absolute atomic E-state index is 6.30. The van der Waals surface area contributed by atoms with E-state index in [1.807, 2.05) is 72.9 Å². The first-order valence-electron chi connectivity index (χ1n) is 14.5. The molecule has 7 rings (SSSR count). The van der Waals surface area contributed by atoms with Gasteiger partial charge >= 0.3 is 0 Å². The van der Waals surface area contributed by atoms with E-state index < -0.39 is 0 Å². The first kappa shape index (κ1) is 30.8. The van der Waals surface area contributed by atoms with E-state index in [1.54, 1.807) is 6.20 Å². The zero-order chi connectivity index (χ0) is 29.6. The summed E-state index contributed by atoms with van der Waals surface area (Å²) in [4.78, 5) is 8.94. The topological polar surface area (TPSA) is 38.9 Å². The molecule has 0 saturated heterocycles. The average molecular weight is 749 g/mol. The summed E-state index contributed by atoms with van der Waals surface area (Å²) in [6.45, 7) is 6.55. The SMILES string of the molecule is Cc1cnc(-c2[c-]c3oc(-c4ccccc4)cc3c(-c3ccccc3)c2)cc1C(C)C.[Ir].[c-]1ccccc1-c1ccccn1. The van der Waals surface area contributed by atoms with Crippen LogP contribution in [0.4, 0.5) is 0 Å². The van der Waals surface area contributed by atoms with Crippen LogP contribution in [0.3, 0.4) is 0 Å². The van der Waals surface area contributed by atoms with E-state index in [0.717, 1.165) is 55.9 Å². The Kier molecular flexibility index (Phi) is 9.96. The second kappa shape index (κ2) is 14.2. The van der Waals surface area contributed by atoms with Crippen LogP contribution in [-0.4, -0.2) is 9.97 Å². The normalized spacial score (nSPS) is 10.6. The van der Waals surface area contributed by atoms with Crippen LogP contribution < -0.4 is 0 Å². The molecule has 219 valence electrons. The third-order valence-corrected chi connectivity index (χ3v) is 7.39. The molecule has 0 unspecified atom stereocenters. The number of hydrogen-bond donors (Lipinski definition) is 0. The van der Waals surface area contributed by atoms with Crippen molar-refractivity contribution in [3.8, 4) is 45.0 Å². The number of pyridine rings is 2. The number of aromatic nitrogens is 2. The van der Waals surface area contributed by atoms with E-state index in [9.17, 15) is 0 Å². The van der Waals surface area contributed by atoms with E-state index in [-0.39, 0.29) is 20.1 Å². The maximum atomic E-state index is 6.30. The van der Waals surface area contributed by atoms with Crippen LogP contribution in [0.5, 0.6) is 0 Å². The van der Waals surface area contributed by atoms with Crippen LogP contribution in [0.2, 0.25) is 0 Å². The number of furan rings is 1. The van der Waals surface area contributed by atoms with Gasteiger partial charge in [-0.3, -0.25) is 0 Å². The molecule has 0 spiro atoms. The van der Waals surface area contributed by atoms with Gasteiger partial charge in [-0.2, -0.15) is 0 Å². The van der Waals surface area contributed by atoms with Gasteiger partial charge in [-0.05, 0) is 53.1 Å². The van der Waals surface area contributed by atoms with Gasteiger partial charge in [-0.15, -0.1) is 47.5 Å². The van der Waals surface area contributed by atoms with Crippen molar-refractivity contribution < 1.29 is 24.5 Å². The van der Waals surface area contributed by atoms with E-state index >= 15 is 0 Å². The first-order valence-corrected chi connectivity index (χ1v) is 14.5. The molecule has 4 aromatic carbocycles. The number of nitrogens with zero attached hydrogens (tertiary/aromatic N) is 2. The Morgan fingerprint density at radius 3 is 2.05 bits per heavy atom. The molecule has 44 heavy (non-hydrogen) atoms. The summed E-state index contributed by atoms with van der Waals surface area (Å²) in [6, 6.07) is 47.5. The van der Waals surface area contributed by atoms with Gasteiger partial charge in [0.15, 0.2) is 0 Å². The van der Waals surface area contributed by atoms with Gasteiger partial charge in [0, 0.05) is 38.1 Å². The minimum Gasteiger partial charge on any atom is -0.477 e. The maximum Gasteiger partial charge on any atom is 0.123 e. The van der Waals surface area contributed by atoms with Crippen molar-refractivity contribution in [2.45, 2.75) is 26.7 Å². The Bertz CT molecular complexity index is 1900. The molecule has 7 aromatic rings. The second-order valence-electron chi connectivity index (χ2n) is 10.8. The molecule has 3 nitrogen and oxygen atoms in total. The number of fused-ring (bicyclic) bond motifs is 1. The van der Waals surface area contributed by atoms with Crippen molar-refractivity contribution in [3.05, 3.63) is 157 Å². The van der Waals surface area contributed by atoms with Crippen molar-refractivity contribution in [2.24, 2.45) is 0 Å². The van der Waals surface area contributed by atoms with E-state index in [1.165, 1.54) is 11.1 Å². The fraction of sp³-hybridized carbons (Fsp3) is 0.100. The number of rotatable bonds is 5. The monoisotopic (exact) mass is 749 g/mol. The van der Waals surface area contributed by atoms with Gasteiger partial charge in [0.1, 0.15) is 5.76 Å². The van der Waals surface area contributed by atoms with E-state index in [4.69, 9.17) is 9.40 Å².